The van der Waals surface area contributed by atoms with Crippen LogP contribution in [0.3, 0.4) is 0 Å². The molecule has 2 fully saturated rings. The second-order valence-corrected chi connectivity index (χ2v) is 4.35. The highest BCUT2D eigenvalue weighted by molar-refractivity contribution is 6.25. The molecule has 5 nitrogen and oxygen atoms in total. The van der Waals surface area contributed by atoms with Gasteiger partial charge in [-0.25, -0.2) is 0 Å². The van der Waals surface area contributed by atoms with Crippen LogP contribution in [-0.2, 0) is 14.3 Å². The molecule has 1 atom stereocenters. The van der Waals surface area contributed by atoms with Gasteiger partial charge in [0.05, 0.1) is 13.2 Å². The maximum atomic E-state index is 11.2. The van der Waals surface area contributed by atoms with Gasteiger partial charge in [0.2, 0.25) is 5.78 Å². The second kappa shape index (κ2) is 4.87. The van der Waals surface area contributed by atoms with Crippen molar-refractivity contribution < 1.29 is 19.1 Å². The van der Waals surface area contributed by atoms with E-state index < -0.39 is 5.79 Å². The first-order valence-electron chi connectivity index (χ1n) is 5.75. The number of ether oxygens (including phenoxy) is 2. The van der Waals surface area contributed by atoms with Crippen LogP contribution in [-0.4, -0.2) is 35.8 Å². The number of nitrogens with zero attached hydrogens (tertiary/aromatic N) is 2. The number of Topliss-reactive ketones (excluding diaryl/α,β-unsaturated/α-hetero) is 1. The minimum Gasteiger partial charge on any atom is -0.361 e. The lowest BCUT2D eigenvalue weighted by molar-refractivity contribution is -0.182. The van der Waals surface area contributed by atoms with Gasteiger partial charge in [0, 0.05) is 18.8 Å². The van der Waals surface area contributed by atoms with Crippen molar-refractivity contribution in [2.45, 2.75) is 37.9 Å². The van der Waals surface area contributed by atoms with E-state index in [2.05, 4.69) is 4.79 Å². The van der Waals surface area contributed by atoms with Gasteiger partial charge in [-0.3, -0.25) is 4.79 Å². The fourth-order valence-electron chi connectivity index (χ4n) is 2.68. The van der Waals surface area contributed by atoms with Crippen molar-refractivity contribution >= 4 is 12.0 Å². The fraction of sp³-hybridized carbons (Fsp3) is 0.818. The topological polar surface area (TPSA) is 71.9 Å². The van der Waals surface area contributed by atoms with E-state index in [0.29, 0.717) is 25.6 Å². The van der Waals surface area contributed by atoms with Crippen molar-refractivity contribution in [3.63, 3.8) is 0 Å². The Kier molecular flexibility index (Phi) is 3.49. The van der Waals surface area contributed by atoms with Crippen molar-refractivity contribution in [1.82, 2.24) is 0 Å². The van der Waals surface area contributed by atoms with Crippen molar-refractivity contribution in [2.75, 3.05) is 13.2 Å². The van der Waals surface area contributed by atoms with Crippen LogP contribution in [0.25, 0.3) is 5.53 Å². The summed E-state index contributed by atoms with van der Waals surface area (Å²) in [4.78, 5) is 13.9. The lowest BCUT2D eigenvalue weighted by atomic mass is 9.95. The highest BCUT2D eigenvalue weighted by Crippen LogP contribution is 2.44. The number of ketones is 1. The van der Waals surface area contributed by atoms with E-state index in [9.17, 15) is 4.79 Å². The number of rotatable bonds is 4. The number of hydrogen-bond donors (Lipinski definition) is 0. The Morgan fingerprint density at radius 2 is 2.25 bits per heavy atom. The molecule has 1 spiro atoms. The average Bonchev–Trinajstić information content (AvgIpc) is 2.88. The third kappa shape index (κ3) is 2.21. The van der Waals surface area contributed by atoms with Gasteiger partial charge in [-0.2, -0.15) is 4.79 Å². The van der Waals surface area contributed by atoms with Crippen molar-refractivity contribution in [3.8, 4) is 0 Å². The predicted molar refractivity (Wildman–Crippen MR) is 55.9 cm³/mol. The average molecular weight is 224 g/mol. The number of hydrogen-bond acceptors (Lipinski definition) is 3. The van der Waals surface area contributed by atoms with Crippen LogP contribution in [0.2, 0.25) is 0 Å². The van der Waals surface area contributed by atoms with Gasteiger partial charge in [-0.15, -0.1) is 0 Å². The largest absolute Gasteiger partial charge is 0.361 e. The van der Waals surface area contributed by atoms with Gasteiger partial charge >= 0.3 is 6.21 Å². The molecular weight excluding hydrogens is 208 g/mol. The molecule has 1 aliphatic heterocycles. The summed E-state index contributed by atoms with van der Waals surface area (Å²) in [5.74, 6) is -0.273. The molecule has 2 rings (SSSR count). The highest BCUT2D eigenvalue weighted by atomic mass is 16.7. The first kappa shape index (κ1) is 11.5. The monoisotopic (exact) mass is 224 g/mol. The Balaban J connectivity index is 1.89. The van der Waals surface area contributed by atoms with E-state index in [0.717, 1.165) is 31.9 Å². The molecule has 16 heavy (non-hydrogen) atoms. The van der Waals surface area contributed by atoms with Gasteiger partial charge in [0.25, 0.3) is 0 Å². The molecular formula is C11H16N2O3. The molecule has 5 heteroatoms. The van der Waals surface area contributed by atoms with Gasteiger partial charge < -0.3 is 15.0 Å². The summed E-state index contributed by atoms with van der Waals surface area (Å²) >= 11 is 0. The maximum absolute atomic E-state index is 11.2. The molecule has 0 N–H and O–H groups in total. The zero-order valence-corrected chi connectivity index (χ0v) is 9.22. The molecule has 0 aromatic rings. The standard InChI is InChI=1S/C11H16N2O3/c12-13-8-10(14)4-3-9-2-1-5-11(9)15-6-7-16-11/h8-9H,1-7H2. The fourth-order valence-corrected chi connectivity index (χ4v) is 2.68. The molecule has 1 aliphatic carbocycles. The van der Waals surface area contributed by atoms with E-state index in [1.165, 1.54) is 0 Å². The summed E-state index contributed by atoms with van der Waals surface area (Å²) in [6, 6.07) is 0. The van der Waals surface area contributed by atoms with Crippen LogP contribution >= 0.6 is 0 Å². The van der Waals surface area contributed by atoms with Gasteiger partial charge in [-0.1, -0.05) is 0 Å². The van der Waals surface area contributed by atoms with Crippen LogP contribution in [0.15, 0.2) is 0 Å². The molecule has 1 heterocycles. The zero-order chi connectivity index (χ0) is 11.4. The smallest absolute Gasteiger partial charge is 0.323 e. The van der Waals surface area contributed by atoms with E-state index in [4.69, 9.17) is 15.0 Å². The molecule has 1 saturated heterocycles. The lowest BCUT2D eigenvalue weighted by Gasteiger charge is -2.28. The SMILES string of the molecule is [N-]=[N+]=CC(=O)CCC1CCCC12OCCO2. The molecule has 88 valence electrons. The van der Waals surface area contributed by atoms with Crippen LogP contribution in [0, 0.1) is 5.92 Å². The first-order valence-corrected chi connectivity index (χ1v) is 5.75. The summed E-state index contributed by atoms with van der Waals surface area (Å²) in [6.07, 6.45) is 5.16. The molecule has 2 aliphatic rings. The molecule has 0 bridgehead atoms. The van der Waals surface area contributed by atoms with Gasteiger partial charge in [0.15, 0.2) is 5.79 Å². The Morgan fingerprint density at radius 1 is 1.50 bits per heavy atom. The molecule has 0 radical (unpaired) electrons. The summed E-state index contributed by atoms with van der Waals surface area (Å²) in [5, 5.41) is 0. The quantitative estimate of drug-likeness (QED) is 0.409. The Labute approximate surface area is 94.3 Å². The molecule has 1 saturated carbocycles. The summed E-state index contributed by atoms with van der Waals surface area (Å²) in [6.45, 7) is 1.31. The molecule has 0 amide bonds. The summed E-state index contributed by atoms with van der Waals surface area (Å²) in [7, 11) is 0. The van der Waals surface area contributed by atoms with Crippen molar-refractivity contribution in [1.29, 1.82) is 0 Å². The lowest BCUT2D eigenvalue weighted by Crippen LogP contribution is -2.34. The normalized spacial score (nSPS) is 26.9. The Morgan fingerprint density at radius 3 is 2.94 bits per heavy atom. The van der Waals surface area contributed by atoms with Crippen molar-refractivity contribution in [2.24, 2.45) is 5.92 Å². The van der Waals surface area contributed by atoms with E-state index in [1.807, 2.05) is 0 Å². The molecule has 1 unspecified atom stereocenters. The van der Waals surface area contributed by atoms with E-state index >= 15 is 0 Å². The van der Waals surface area contributed by atoms with Crippen LogP contribution in [0.1, 0.15) is 32.1 Å². The minimum atomic E-state index is -0.420. The Bertz CT molecular complexity index is 312. The summed E-state index contributed by atoms with van der Waals surface area (Å²) < 4.78 is 11.4. The third-order valence-corrected chi connectivity index (χ3v) is 3.42. The van der Waals surface area contributed by atoms with Crippen LogP contribution < -0.4 is 0 Å². The first-order chi connectivity index (χ1) is 7.77. The molecule has 0 aromatic heterocycles. The highest BCUT2D eigenvalue weighted by Gasteiger charge is 2.47. The summed E-state index contributed by atoms with van der Waals surface area (Å²) in [5.41, 5.74) is 8.23. The van der Waals surface area contributed by atoms with Gasteiger partial charge in [-0.05, 0) is 19.3 Å². The Hall–Kier alpha value is -1.03. The zero-order valence-electron chi connectivity index (χ0n) is 9.22. The van der Waals surface area contributed by atoms with E-state index in [1.54, 1.807) is 0 Å². The predicted octanol–water partition coefficient (Wildman–Crippen LogP) is 1.18. The van der Waals surface area contributed by atoms with Gasteiger partial charge in [0.1, 0.15) is 0 Å². The van der Waals surface area contributed by atoms with Crippen LogP contribution in [0.5, 0.6) is 0 Å². The minimum absolute atomic E-state index is 0.150. The number of carbonyl (C=O) groups excluding carboxylic acids is 1. The molecule has 0 aromatic carbocycles. The van der Waals surface area contributed by atoms with Crippen LogP contribution in [0.4, 0.5) is 0 Å². The van der Waals surface area contributed by atoms with E-state index in [-0.39, 0.29) is 5.78 Å². The maximum Gasteiger partial charge on any atom is 0.323 e. The number of carbonyl (C=O) groups is 1. The van der Waals surface area contributed by atoms with Crippen molar-refractivity contribution in [3.05, 3.63) is 5.53 Å². The third-order valence-electron chi connectivity index (χ3n) is 3.42. The second-order valence-electron chi connectivity index (χ2n) is 4.35.